The monoisotopic (exact) mass is 293 g/mol. The highest BCUT2D eigenvalue weighted by Gasteiger charge is 2.17. The van der Waals surface area contributed by atoms with Crippen LogP contribution in [0.4, 0.5) is 4.39 Å². The van der Waals surface area contributed by atoms with Crippen molar-refractivity contribution in [2.45, 2.75) is 19.3 Å². The van der Waals surface area contributed by atoms with E-state index in [1.807, 2.05) is 0 Å². The summed E-state index contributed by atoms with van der Waals surface area (Å²) in [6, 6.07) is 4.67. The summed E-state index contributed by atoms with van der Waals surface area (Å²) < 4.78 is 18.3. The van der Waals surface area contributed by atoms with Crippen molar-refractivity contribution < 1.29 is 18.7 Å². The number of benzene rings is 1. The molecule has 1 aliphatic heterocycles. The number of hydrogen-bond donors (Lipinski definition) is 2. The van der Waals surface area contributed by atoms with E-state index in [0.29, 0.717) is 25.1 Å². The Kier molecular flexibility index (Phi) is 4.86. The number of hydrazone groups is 1. The number of amides is 2. The van der Waals surface area contributed by atoms with Crippen LogP contribution in [0.15, 0.2) is 23.3 Å². The number of halogens is 1. The molecule has 0 saturated heterocycles. The zero-order chi connectivity index (χ0) is 15.2. The molecule has 0 saturated carbocycles. The summed E-state index contributed by atoms with van der Waals surface area (Å²) in [4.78, 5) is 22.7. The average Bonchev–Trinajstić information content (AvgIpc) is 2.48. The Bertz CT molecular complexity index is 587. The number of carbonyl (C=O) groups excluding carboxylic acids is 2. The summed E-state index contributed by atoms with van der Waals surface area (Å²) in [5.41, 5.74) is 3.32. The van der Waals surface area contributed by atoms with Crippen LogP contribution in [-0.2, 0) is 16.0 Å². The van der Waals surface area contributed by atoms with Gasteiger partial charge in [-0.15, -0.1) is 0 Å². The molecule has 7 heteroatoms. The molecule has 2 N–H and O–H groups in total. The summed E-state index contributed by atoms with van der Waals surface area (Å²) >= 11 is 0. The molecular formula is C14H16FN3O3. The summed E-state index contributed by atoms with van der Waals surface area (Å²) in [6.45, 7) is 0.359. The summed E-state index contributed by atoms with van der Waals surface area (Å²) in [5.74, 6) is -0.750. The molecule has 112 valence electrons. The molecule has 6 nitrogen and oxygen atoms in total. The number of methoxy groups -OCH3 is 1. The standard InChI is InChI=1S/C14H16FN3O3/c1-21-12-4-2-9(8-10(12)15)6-7-16-14(20)11-3-5-13(19)18-17-11/h2,4,8H,3,5-7H2,1H3,(H,16,20)(H,18,19). The first-order chi connectivity index (χ1) is 10.1. The van der Waals surface area contributed by atoms with Crippen molar-refractivity contribution >= 4 is 17.5 Å². The minimum Gasteiger partial charge on any atom is -0.494 e. The second-order valence-corrected chi connectivity index (χ2v) is 4.57. The molecule has 0 aromatic heterocycles. The summed E-state index contributed by atoms with van der Waals surface area (Å²) in [6.07, 6.45) is 1.08. The molecule has 0 atom stereocenters. The lowest BCUT2D eigenvalue weighted by Crippen LogP contribution is -2.37. The van der Waals surface area contributed by atoms with Gasteiger partial charge in [0.15, 0.2) is 11.6 Å². The molecule has 0 fully saturated rings. The minimum absolute atomic E-state index is 0.190. The Morgan fingerprint density at radius 2 is 2.29 bits per heavy atom. The SMILES string of the molecule is COc1ccc(CCNC(=O)C2=NNC(=O)CC2)cc1F. The van der Waals surface area contributed by atoms with Gasteiger partial charge in [0.25, 0.3) is 5.91 Å². The van der Waals surface area contributed by atoms with Crippen LogP contribution in [0.3, 0.4) is 0 Å². The third-order valence-corrected chi connectivity index (χ3v) is 3.08. The zero-order valence-corrected chi connectivity index (χ0v) is 11.6. The third kappa shape index (κ3) is 4.01. The summed E-state index contributed by atoms with van der Waals surface area (Å²) in [7, 11) is 1.40. The van der Waals surface area contributed by atoms with E-state index < -0.39 is 5.82 Å². The zero-order valence-electron chi connectivity index (χ0n) is 11.6. The minimum atomic E-state index is -0.430. The van der Waals surface area contributed by atoms with Crippen molar-refractivity contribution in [2.24, 2.45) is 5.10 Å². The fourth-order valence-corrected chi connectivity index (χ4v) is 1.93. The molecule has 1 heterocycles. The maximum atomic E-state index is 13.5. The molecule has 0 spiro atoms. The highest BCUT2D eigenvalue weighted by atomic mass is 19.1. The number of nitrogens with one attached hydrogen (secondary N) is 2. The predicted molar refractivity (Wildman–Crippen MR) is 74.5 cm³/mol. The molecule has 21 heavy (non-hydrogen) atoms. The van der Waals surface area contributed by atoms with Crippen LogP contribution in [0.5, 0.6) is 5.75 Å². The summed E-state index contributed by atoms with van der Waals surface area (Å²) in [5, 5.41) is 6.39. The van der Waals surface area contributed by atoms with E-state index in [1.165, 1.54) is 13.2 Å². The van der Waals surface area contributed by atoms with Crippen molar-refractivity contribution in [1.29, 1.82) is 0 Å². The van der Waals surface area contributed by atoms with Crippen LogP contribution in [0.1, 0.15) is 18.4 Å². The molecule has 2 amide bonds. The Morgan fingerprint density at radius 3 is 2.90 bits per heavy atom. The molecule has 1 aliphatic rings. The number of ether oxygens (including phenoxy) is 1. The second kappa shape index (κ2) is 6.83. The first kappa shape index (κ1) is 15.0. The Morgan fingerprint density at radius 1 is 1.48 bits per heavy atom. The van der Waals surface area contributed by atoms with Gasteiger partial charge >= 0.3 is 0 Å². The Labute approximate surface area is 121 Å². The smallest absolute Gasteiger partial charge is 0.267 e. The second-order valence-electron chi connectivity index (χ2n) is 4.57. The van der Waals surface area contributed by atoms with Crippen molar-refractivity contribution in [2.75, 3.05) is 13.7 Å². The van der Waals surface area contributed by atoms with Crippen LogP contribution in [-0.4, -0.2) is 31.2 Å². The van der Waals surface area contributed by atoms with Crippen molar-refractivity contribution in [3.8, 4) is 5.75 Å². The maximum absolute atomic E-state index is 13.5. The van der Waals surface area contributed by atoms with Gasteiger partial charge in [0, 0.05) is 19.4 Å². The molecule has 0 bridgehead atoms. The van der Waals surface area contributed by atoms with E-state index in [0.717, 1.165) is 5.56 Å². The average molecular weight is 293 g/mol. The molecule has 0 aliphatic carbocycles. The number of carbonyl (C=O) groups is 2. The van der Waals surface area contributed by atoms with Gasteiger partial charge in [-0.25, -0.2) is 9.82 Å². The van der Waals surface area contributed by atoms with Gasteiger partial charge in [-0.05, 0) is 24.1 Å². The van der Waals surface area contributed by atoms with E-state index in [4.69, 9.17) is 4.74 Å². The van der Waals surface area contributed by atoms with Crippen LogP contribution < -0.4 is 15.5 Å². The first-order valence-corrected chi connectivity index (χ1v) is 6.56. The normalized spacial score (nSPS) is 14.2. The highest BCUT2D eigenvalue weighted by Crippen LogP contribution is 2.17. The molecule has 0 radical (unpaired) electrons. The van der Waals surface area contributed by atoms with E-state index in [1.54, 1.807) is 12.1 Å². The molecule has 1 aromatic carbocycles. The molecule has 0 unspecified atom stereocenters. The van der Waals surface area contributed by atoms with Crippen LogP contribution >= 0.6 is 0 Å². The van der Waals surface area contributed by atoms with E-state index >= 15 is 0 Å². The van der Waals surface area contributed by atoms with E-state index in [2.05, 4.69) is 15.8 Å². The van der Waals surface area contributed by atoms with Crippen LogP contribution in [0, 0.1) is 5.82 Å². The topological polar surface area (TPSA) is 79.8 Å². The van der Waals surface area contributed by atoms with Crippen LogP contribution in [0.25, 0.3) is 0 Å². The largest absolute Gasteiger partial charge is 0.494 e. The van der Waals surface area contributed by atoms with Gasteiger partial charge in [-0.1, -0.05) is 6.07 Å². The molecule has 1 aromatic rings. The van der Waals surface area contributed by atoms with Gasteiger partial charge in [0.2, 0.25) is 5.91 Å². The van der Waals surface area contributed by atoms with Crippen LogP contribution in [0.2, 0.25) is 0 Å². The Balaban J connectivity index is 1.83. The Hall–Kier alpha value is -2.44. The first-order valence-electron chi connectivity index (χ1n) is 6.56. The third-order valence-electron chi connectivity index (χ3n) is 3.08. The van der Waals surface area contributed by atoms with E-state index in [-0.39, 0.29) is 24.0 Å². The fourth-order valence-electron chi connectivity index (χ4n) is 1.93. The fraction of sp³-hybridized carbons (Fsp3) is 0.357. The number of hydrogen-bond acceptors (Lipinski definition) is 4. The van der Waals surface area contributed by atoms with Gasteiger partial charge in [-0.3, -0.25) is 9.59 Å². The van der Waals surface area contributed by atoms with Crippen molar-refractivity contribution in [3.05, 3.63) is 29.6 Å². The predicted octanol–water partition coefficient (Wildman–Crippen LogP) is 0.759. The lowest BCUT2D eigenvalue weighted by Gasteiger charge is -2.12. The van der Waals surface area contributed by atoms with Gasteiger partial charge in [0.1, 0.15) is 5.71 Å². The lowest BCUT2D eigenvalue weighted by molar-refractivity contribution is -0.121. The van der Waals surface area contributed by atoms with E-state index in [9.17, 15) is 14.0 Å². The van der Waals surface area contributed by atoms with Crippen molar-refractivity contribution in [3.63, 3.8) is 0 Å². The quantitative estimate of drug-likeness (QED) is 0.841. The molecule has 2 rings (SSSR count). The number of rotatable bonds is 5. The maximum Gasteiger partial charge on any atom is 0.267 e. The van der Waals surface area contributed by atoms with Gasteiger partial charge < -0.3 is 10.1 Å². The number of nitrogens with zero attached hydrogens (tertiary/aromatic N) is 1. The lowest BCUT2D eigenvalue weighted by atomic mass is 10.1. The van der Waals surface area contributed by atoms with Gasteiger partial charge in [0.05, 0.1) is 7.11 Å². The molecular weight excluding hydrogens is 277 g/mol. The van der Waals surface area contributed by atoms with Crippen molar-refractivity contribution in [1.82, 2.24) is 10.7 Å². The highest BCUT2D eigenvalue weighted by molar-refractivity contribution is 6.39. The van der Waals surface area contributed by atoms with Gasteiger partial charge in [-0.2, -0.15) is 5.10 Å².